The van der Waals surface area contributed by atoms with Gasteiger partial charge in [0.1, 0.15) is 3.74 Å². The fourth-order valence-corrected chi connectivity index (χ4v) is 0.726. The molecule has 0 unspecified atom stereocenters. The molecule has 0 saturated heterocycles. The molecule has 11 heavy (non-hydrogen) atoms. The topological polar surface area (TPSA) is 26.3 Å². The van der Waals surface area contributed by atoms with Crippen molar-refractivity contribution in [2.45, 2.75) is 7.16 Å². The number of alkyl halides is 4. The van der Waals surface area contributed by atoms with Crippen LogP contribution in [-0.4, -0.2) is 13.1 Å². The monoisotopic (exact) mass is 412 g/mol. The first-order valence-electron chi connectivity index (χ1n) is 2.41. The maximum absolute atomic E-state index is 10.7. The van der Waals surface area contributed by atoms with Crippen LogP contribution in [0.1, 0.15) is 0 Å². The highest BCUT2D eigenvalue weighted by Gasteiger charge is 2.33. The van der Waals surface area contributed by atoms with Crippen LogP contribution >= 0.6 is 63.7 Å². The summed E-state index contributed by atoms with van der Waals surface area (Å²) in [5.74, 6) is -0.511. The highest BCUT2D eigenvalue weighted by molar-refractivity contribution is 9.29. The average Bonchev–Trinajstić information content (AvgIpc) is 1.86. The van der Waals surface area contributed by atoms with Crippen LogP contribution in [0.4, 0.5) is 0 Å². The molecule has 0 heterocycles. The number of ether oxygens (including phenoxy) is 1. The summed E-state index contributed by atoms with van der Waals surface area (Å²) in [6, 6.07) is 0. The van der Waals surface area contributed by atoms with Crippen LogP contribution in [0.3, 0.4) is 0 Å². The molecule has 0 aromatic heterocycles. The second kappa shape index (κ2) is 4.99. The molecule has 0 spiro atoms. The SMILES string of the molecule is C=CC(=O)OC(Br)(Br)C(Br)Br. The van der Waals surface area contributed by atoms with Crippen molar-refractivity contribution < 1.29 is 9.53 Å². The highest BCUT2D eigenvalue weighted by atomic mass is 79.9. The molecule has 0 aromatic rings. The van der Waals surface area contributed by atoms with Gasteiger partial charge in [-0.3, -0.25) is 0 Å². The Morgan fingerprint density at radius 3 is 2.27 bits per heavy atom. The summed E-state index contributed by atoms with van der Waals surface area (Å²) < 4.78 is 3.66. The van der Waals surface area contributed by atoms with Crippen molar-refractivity contribution >= 4 is 69.7 Å². The summed E-state index contributed by atoms with van der Waals surface area (Å²) in [6.45, 7) is 3.26. The van der Waals surface area contributed by atoms with E-state index in [2.05, 4.69) is 70.3 Å². The van der Waals surface area contributed by atoms with Gasteiger partial charge < -0.3 is 4.74 Å². The number of halogens is 4. The molecule has 0 aliphatic carbocycles. The van der Waals surface area contributed by atoms with Crippen molar-refractivity contribution in [2.75, 3.05) is 0 Å². The summed E-state index contributed by atoms with van der Waals surface area (Å²) in [4.78, 5) is 10.7. The number of hydrogen-bond acceptors (Lipinski definition) is 2. The Balaban J connectivity index is 4.11. The molecule has 0 atom stereocenters. The van der Waals surface area contributed by atoms with Crippen LogP contribution in [0.5, 0.6) is 0 Å². The van der Waals surface area contributed by atoms with Crippen LogP contribution in [0.25, 0.3) is 0 Å². The van der Waals surface area contributed by atoms with E-state index in [-0.39, 0.29) is 3.74 Å². The predicted octanol–water partition coefficient (Wildman–Crippen LogP) is 3.28. The van der Waals surface area contributed by atoms with Gasteiger partial charge in [0, 0.05) is 6.08 Å². The van der Waals surface area contributed by atoms with Gasteiger partial charge in [0.25, 0.3) is 0 Å². The molecule has 6 heteroatoms. The van der Waals surface area contributed by atoms with Gasteiger partial charge in [-0.25, -0.2) is 4.79 Å². The number of rotatable bonds is 3. The minimum absolute atomic E-state index is 0.230. The molecule has 0 radical (unpaired) electrons. The molecular formula is C5H4Br4O2. The van der Waals surface area contributed by atoms with Gasteiger partial charge in [0.15, 0.2) is 0 Å². The van der Waals surface area contributed by atoms with E-state index < -0.39 is 9.39 Å². The largest absolute Gasteiger partial charge is 0.432 e. The molecule has 64 valence electrons. The Morgan fingerprint density at radius 1 is 1.55 bits per heavy atom. The first-order chi connectivity index (χ1) is 4.90. The van der Waals surface area contributed by atoms with Crippen molar-refractivity contribution in [3.05, 3.63) is 12.7 Å². The highest BCUT2D eigenvalue weighted by Crippen LogP contribution is 2.39. The molecule has 2 nitrogen and oxygen atoms in total. The van der Waals surface area contributed by atoms with E-state index in [1.54, 1.807) is 0 Å². The first kappa shape index (κ1) is 12.1. The van der Waals surface area contributed by atoms with E-state index in [4.69, 9.17) is 4.74 Å². The van der Waals surface area contributed by atoms with Crippen LogP contribution in [-0.2, 0) is 9.53 Å². The van der Waals surface area contributed by atoms with Crippen molar-refractivity contribution in [1.82, 2.24) is 0 Å². The standard InChI is InChI=1S/C5H4Br4O2/c1-2-3(10)11-5(8,9)4(6)7/h2,4H,1H2. The van der Waals surface area contributed by atoms with E-state index in [9.17, 15) is 4.79 Å². The molecule has 0 aromatic carbocycles. The van der Waals surface area contributed by atoms with Crippen LogP contribution in [0.2, 0.25) is 0 Å². The van der Waals surface area contributed by atoms with Gasteiger partial charge in [-0.15, -0.1) is 0 Å². The van der Waals surface area contributed by atoms with Crippen molar-refractivity contribution in [1.29, 1.82) is 0 Å². The number of carbonyl (C=O) groups is 1. The molecule has 0 aliphatic heterocycles. The summed E-state index contributed by atoms with van der Waals surface area (Å²) in [5, 5.41) is 0. The Kier molecular flexibility index (Phi) is 5.50. The second-order valence-electron chi connectivity index (χ2n) is 1.49. The number of hydrogen-bond donors (Lipinski definition) is 0. The van der Waals surface area contributed by atoms with Crippen molar-refractivity contribution in [2.24, 2.45) is 0 Å². The normalized spacial score (nSPS) is 11.4. The van der Waals surface area contributed by atoms with E-state index in [1.165, 1.54) is 0 Å². The average molecular weight is 416 g/mol. The van der Waals surface area contributed by atoms with Gasteiger partial charge >= 0.3 is 5.97 Å². The number of esters is 1. The molecule has 0 bridgehead atoms. The van der Waals surface area contributed by atoms with Crippen LogP contribution < -0.4 is 0 Å². The summed E-state index contributed by atoms with van der Waals surface area (Å²) in [5.41, 5.74) is 0. The van der Waals surface area contributed by atoms with Gasteiger partial charge in [-0.05, 0) is 31.9 Å². The van der Waals surface area contributed by atoms with Gasteiger partial charge in [-0.2, -0.15) is 0 Å². The molecule has 0 fully saturated rings. The fourth-order valence-electron chi connectivity index (χ4n) is 0.220. The van der Waals surface area contributed by atoms with E-state index in [0.29, 0.717) is 0 Å². The maximum atomic E-state index is 10.7. The fraction of sp³-hybridized carbons (Fsp3) is 0.400. The molecular weight excluding hydrogens is 412 g/mol. The lowest BCUT2D eigenvalue weighted by molar-refractivity contribution is -0.139. The third-order valence-corrected chi connectivity index (χ3v) is 5.64. The zero-order valence-electron chi connectivity index (χ0n) is 5.19. The molecule has 0 N–H and O–H groups in total. The lowest BCUT2D eigenvalue weighted by Crippen LogP contribution is -2.26. The van der Waals surface area contributed by atoms with E-state index in [0.717, 1.165) is 6.08 Å². The maximum Gasteiger partial charge on any atom is 0.332 e. The minimum atomic E-state index is -0.939. The smallest absolute Gasteiger partial charge is 0.332 e. The van der Waals surface area contributed by atoms with E-state index in [1.807, 2.05) is 0 Å². The molecule has 0 saturated carbocycles. The van der Waals surface area contributed by atoms with Gasteiger partial charge in [0.2, 0.25) is 3.42 Å². The zero-order chi connectivity index (χ0) is 9.07. The lowest BCUT2D eigenvalue weighted by Gasteiger charge is -2.21. The quantitative estimate of drug-likeness (QED) is 0.402. The van der Waals surface area contributed by atoms with Gasteiger partial charge in [0.05, 0.1) is 0 Å². The molecule has 0 rings (SSSR count). The Labute approximate surface area is 98.3 Å². The predicted molar refractivity (Wildman–Crippen MR) is 58.5 cm³/mol. The molecule has 0 aliphatic rings. The number of carbonyl (C=O) groups excluding carboxylic acids is 1. The van der Waals surface area contributed by atoms with E-state index >= 15 is 0 Å². The van der Waals surface area contributed by atoms with Crippen LogP contribution in [0, 0.1) is 0 Å². The van der Waals surface area contributed by atoms with Crippen LogP contribution in [0.15, 0.2) is 12.7 Å². The summed E-state index contributed by atoms with van der Waals surface area (Å²) >= 11 is 12.6. The second-order valence-corrected chi connectivity index (χ2v) is 7.97. The summed E-state index contributed by atoms with van der Waals surface area (Å²) in [7, 11) is 0. The summed E-state index contributed by atoms with van der Waals surface area (Å²) in [6.07, 6.45) is 1.08. The van der Waals surface area contributed by atoms with Gasteiger partial charge in [-0.1, -0.05) is 38.4 Å². The lowest BCUT2D eigenvalue weighted by atomic mass is 10.6. The minimum Gasteiger partial charge on any atom is -0.432 e. The first-order valence-corrected chi connectivity index (χ1v) is 5.83. The van der Waals surface area contributed by atoms with Crippen molar-refractivity contribution in [3.8, 4) is 0 Å². The Hall–Kier alpha value is 1.13. The molecule has 0 amide bonds. The zero-order valence-corrected chi connectivity index (χ0v) is 11.5. The Bertz CT molecular complexity index is 166. The Morgan fingerprint density at radius 2 is 2.00 bits per heavy atom. The third-order valence-electron chi connectivity index (χ3n) is 0.657. The van der Waals surface area contributed by atoms with Crippen molar-refractivity contribution in [3.63, 3.8) is 0 Å². The third kappa shape index (κ3) is 4.65.